The van der Waals surface area contributed by atoms with Gasteiger partial charge in [-0.25, -0.2) is 0 Å². The van der Waals surface area contributed by atoms with Gasteiger partial charge in [-0.05, 0) is 12.1 Å². The molecule has 4 nitrogen and oxygen atoms in total. The number of hydrogen-bond donors (Lipinski definition) is 3. The summed E-state index contributed by atoms with van der Waals surface area (Å²) in [4.78, 5) is 10.5. The zero-order valence-corrected chi connectivity index (χ0v) is 8.15. The van der Waals surface area contributed by atoms with Crippen molar-refractivity contribution in [3.63, 3.8) is 0 Å². The van der Waals surface area contributed by atoms with E-state index in [1.807, 2.05) is 0 Å². The van der Waals surface area contributed by atoms with Crippen molar-refractivity contribution in [2.45, 2.75) is 6.04 Å². The van der Waals surface area contributed by atoms with Crippen LogP contribution < -0.4 is 5.73 Å². The molecule has 0 amide bonds. The van der Waals surface area contributed by atoms with Crippen LogP contribution in [0, 0.1) is 0 Å². The van der Waals surface area contributed by atoms with Crippen LogP contribution in [0.2, 0.25) is 0 Å². The topological polar surface area (TPSA) is 83.6 Å². The number of aromatic hydroxyl groups is 1. The van der Waals surface area contributed by atoms with Crippen molar-refractivity contribution in [2.75, 3.05) is 0 Å². The third-order valence-corrected chi connectivity index (χ3v) is 2.09. The van der Waals surface area contributed by atoms with Crippen molar-refractivity contribution in [2.24, 2.45) is 5.73 Å². The summed E-state index contributed by atoms with van der Waals surface area (Å²) in [6.45, 7) is 0. The molecule has 1 aromatic rings. The van der Waals surface area contributed by atoms with Crippen LogP contribution in [0.25, 0.3) is 0 Å². The second-order valence-corrected chi connectivity index (χ2v) is 3.43. The maximum atomic E-state index is 10.5. The number of phenolic OH excluding ortho intramolecular Hbond substituents is 1. The molecule has 4 N–H and O–H groups in total. The van der Waals surface area contributed by atoms with Crippen LogP contribution in [0.1, 0.15) is 11.6 Å². The third kappa shape index (κ3) is 2.19. The largest absolute Gasteiger partial charge is 0.508 e. The molecule has 0 aliphatic carbocycles. The predicted octanol–water partition coefficient (Wildman–Crippen LogP) is 1.24. The van der Waals surface area contributed by atoms with Crippen LogP contribution in [0.5, 0.6) is 5.75 Å². The summed E-state index contributed by atoms with van der Waals surface area (Å²) in [6, 6.07) is 3.31. The number of halogens is 1. The molecule has 13 heavy (non-hydrogen) atoms. The fraction of sp³-hybridized carbons (Fsp3) is 0.125. The highest BCUT2D eigenvalue weighted by molar-refractivity contribution is 9.10. The molecule has 0 saturated carbocycles. The average molecular weight is 246 g/mol. The zero-order valence-electron chi connectivity index (χ0n) is 6.57. The average Bonchev–Trinajstić information content (AvgIpc) is 2.03. The number of carboxylic acids is 1. The minimum absolute atomic E-state index is 0.121. The summed E-state index contributed by atoms with van der Waals surface area (Å²) in [5.41, 5.74) is 5.52. The number of rotatable bonds is 2. The Bertz CT molecular complexity index is 340. The Morgan fingerprint density at radius 2 is 2.15 bits per heavy atom. The Morgan fingerprint density at radius 1 is 1.54 bits per heavy atom. The van der Waals surface area contributed by atoms with Gasteiger partial charge < -0.3 is 15.9 Å². The molecule has 0 bridgehead atoms. The van der Waals surface area contributed by atoms with E-state index in [1.165, 1.54) is 12.1 Å². The van der Waals surface area contributed by atoms with Gasteiger partial charge in [0.15, 0.2) is 0 Å². The van der Waals surface area contributed by atoms with Crippen molar-refractivity contribution in [1.82, 2.24) is 0 Å². The first kappa shape index (κ1) is 10.0. The lowest BCUT2D eigenvalue weighted by molar-refractivity contribution is -0.138. The lowest BCUT2D eigenvalue weighted by Gasteiger charge is -2.08. The molecule has 0 saturated heterocycles. The van der Waals surface area contributed by atoms with Gasteiger partial charge in [0.1, 0.15) is 11.8 Å². The Morgan fingerprint density at radius 3 is 2.62 bits per heavy atom. The molecule has 1 aromatic carbocycles. The molecule has 0 aromatic heterocycles. The molecule has 0 heterocycles. The van der Waals surface area contributed by atoms with Crippen molar-refractivity contribution in [3.05, 3.63) is 28.2 Å². The second kappa shape index (κ2) is 3.76. The van der Waals surface area contributed by atoms with Crippen LogP contribution in [0.15, 0.2) is 22.7 Å². The smallest absolute Gasteiger partial charge is 0.325 e. The fourth-order valence-electron chi connectivity index (χ4n) is 0.913. The van der Waals surface area contributed by atoms with Crippen molar-refractivity contribution in [1.29, 1.82) is 0 Å². The first-order valence-corrected chi connectivity index (χ1v) is 4.28. The van der Waals surface area contributed by atoms with Crippen LogP contribution in [-0.2, 0) is 4.79 Å². The molecule has 0 unspecified atom stereocenters. The van der Waals surface area contributed by atoms with Crippen molar-refractivity contribution >= 4 is 21.9 Å². The SMILES string of the molecule is N[C@@H](C(=O)O)c1ccc(Br)cc1O. The number of hydrogen-bond acceptors (Lipinski definition) is 3. The quantitative estimate of drug-likeness (QED) is 0.732. The van der Waals surface area contributed by atoms with E-state index in [2.05, 4.69) is 15.9 Å². The Labute approximate surface area is 83.1 Å². The highest BCUT2D eigenvalue weighted by Gasteiger charge is 2.17. The maximum Gasteiger partial charge on any atom is 0.325 e. The van der Waals surface area contributed by atoms with E-state index in [0.29, 0.717) is 4.47 Å². The molecule has 0 fully saturated rings. The summed E-state index contributed by atoms with van der Waals surface area (Å²) < 4.78 is 0.673. The molecule has 1 rings (SSSR count). The molecule has 0 radical (unpaired) electrons. The summed E-state index contributed by atoms with van der Waals surface area (Å²) >= 11 is 3.13. The maximum absolute atomic E-state index is 10.5. The molecular formula is C8H8BrNO3. The van der Waals surface area contributed by atoms with Gasteiger partial charge in [0.05, 0.1) is 0 Å². The lowest BCUT2D eigenvalue weighted by Crippen LogP contribution is -2.20. The zero-order chi connectivity index (χ0) is 10.0. The number of phenols is 1. The van der Waals surface area contributed by atoms with Crippen LogP contribution >= 0.6 is 15.9 Å². The van der Waals surface area contributed by atoms with E-state index in [-0.39, 0.29) is 11.3 Å². The number of nitrogens with two attached hydrogens (primary N) is 1. The normalized spacial score (nSPS) is 12.5. The van der Waals surface area contributed by atoms with Gasteiger partial charge in [-0.15, -0.1) is 0 Å². The van der Waals surface area contributed by atoms with Crippen molar-refractivity contribution in [3.8, 4) is 5.75 Å². The Balaban J connectivity index is 3.08. The fourth-order valence-corrected chi connectivity index (χ4v) is 1.26. The highest BCUT2D eigenvalue weighted by atomic mass is 79.9. The summed E-state index contributed by atoms with van der Waals surface area (Å²) in [6.07, 6.45) is 0. The van der Waals surface area contributed by atoms with Crippen LogP contribution in [0.4, 0.5) is 0 Å². The Hall–Kier alpha value is -1.07. The highest BCUT2D eigenvalue weighted by Crippen LogP contribution is 2.26. The first-order valence-electron chi connectivity index (χ1n) is 3.49. The molecule has 70 valence electrons. The van der Waals surface area contributed by atoms with E-state index >= 15 is 0 Å². The van der Waals surface area contributed by atoms with Gasteiger partial charge in [0, 0.05) is 10.0 Å². The standard InChI is InChI=1S/C8H8BrNO3/c9-4-1-2-5(6(11)3-4)7(10)8(12)13/h1-3,7,11H,10H2,(H,12,13)/t7-/m1/s1. The summed E-state index contributed by atoms with van der Waals surface area (Å²) in [5.74, 6) is -1.29. The molecule has 0 aliphatic rings. The summed E-state index contributed by atoms with van der Waals surface area (Å²) in [7, 11) is 0. The van der Waals surface area contributed by atoms with E-state index in [9.17, 15) is 9.90 Å². The molecule has 0 aliphatic heterocycles. The van der Waals surface area contributed by atoms with Gasteiger partial charge in [-0.1, -0.05) is 22.0 Å². The molecular weight excluding hydrogens is 238 g/mol. The second-order valence-electron chi connectivity index (χ2n) is 2.52. The van der Waals surface area contributed by atoms with Gasteiger partial charge in [0.2, 0.25) is 0 Å². The third-order valence-electron chi connectivity index (χ3n) is 1.59. The number of aliphatic carboxylic acids is 1. The summed E-state index contributed by atoms with van der Waals surface area (Å²) in [5, 5.41) is 17.9. The monoisotopic (exact) mass is 245 g/mol. The van der Waals surface area contributed by atoms with E-state index in [4.69, 9.17) is 10.8 Å². The van der Waals surface area contributed by atoms with Crippen molar-refractivity contribution < 1.29 is 15.0 Å². The van der Waals surface area contributed by atoms with Gasteiger partial charge in [-0.2, -0.15) is 0 Å². The van der Waals surface area contributed by atoms with Crippen LogP contribution in [-0.4, -0.2) is 16.2 Å². The van der Waals surface area contributed by atoms with Gasteiger partial charge in [0.25, 0.3) is 0 Å². The molecule has 5 heteroatoms. The van der Waals surface area contributed by atoms with E-state index < -0.39 is 12.0 Å². The van der Waals surface area contributed by atoms with Crippen LogP contribution in [0.3, 0.4) is 0 Å². The first-order chi connectivity index (χ1) is 6.02. The van der Waals surface area contributed by atoms with Gasteiger partial charge in [-0.3, -0.25) is 4.79 Å². The predicted molar refractivity (Wildman–Crippen MR) is 50.4 cm³/mol. The molecule has 0 spiro atoms. The minimum Gasteiger partial charge on any atom is -0.508 e. The minimum atomic E-state index is -1.19. The lowest BCUT2D eigenvalue weighted by atomic mass is 10.1. The number of benzene rings is 1. The molecule has 1 atom stereocenters. The number of carboxylic acid groups (broad SMARTS) is 1. The van der Waals surface area contributed by atoms with Gasteiger partial charge >= 0.3 is 5.97 Å². The number of carbonyl (C=O) groups is 1. The van der Waals surface area contributed by atoms with E-state index in [1.54, 1.807) is 6.07 Å². The Kier molecular flexibility index (Phi) is 2.90. The van der Waals surface area contributed by atoms with E-state index in [0.717, 1.165) is 0 Å².